The third kappa shape index (κ3) is 4.25. The van der Waals surface area contributed by atoms with E-state index in [0.29, 0.717) is 12.2 Å². The summed E-state index contributed by atoms with van der Waals surface area (Å²) in [5, 5.41) is 17.4. The second-order valence-electron chi connectivity index (χ2n) is 5.12. The molecule has 3 heterocycles. The van der Waals surface area contributed by atoms with Crippen molar-refractivity contribution in [3.05, 3.63) is 59.7 Å². The molecular formula is C15H16N8O2. The number of nitro groups is 1. The van der Waals surface area contributed by atoms with Crippen molar-refractivity contribution in [3.63, 3.8) is 0 Å². The summed E-state index contributed by atoms with van der Waals surface area (Å²) in [5.41, 5.74) is 0.463. The largest absolute Gasteiger partial charge is 0.364 e. The normalized spacial score (nSPS) is 10.4. The second-order valence-corrected chi connectivity index (χ2v) is 5.12. The first kappa shape index (κ1) is 16.3. The average Bonchev–Trinajstić information content (AvgIpc) is 3.13. The van der Waals surface area contributed by atoms with Gasteiger partial charge in [0.15, 0.2) is 0 Å². The zero-order chi connectivity index (χ0) is 17.5. The molecule has 3 aromatic heterocycles. The third-order valence-corrected chi connectivity index (χ3v) is 3.39. The summed E-state index contributed by atoms with van der Waals surface area (Å²) < 4.78 is 1.94. The predicted octanol–water partition coefficient (Wildman–Crippen LogP) is 2.22. The van der Waals surface area contributed by atoms with Crippen LogP contribution < -0.4 is 10.6 Å². The van der Waals surface area contributed by atoms with E-state index in [9.17, 15) is 10.1 Å². The van der Waals surface area contributed by atoms with Crippen LogP contribution in [-0.2, 0) is 6.54 Å². The summed E-state index contributed by atoms with van der Waals surface area (Å²) in [6.07, 6.45) is 10.5. The number of nitrogens with zero attached hydrogens (tertiary/aromatic N) is 6. The fourth-order valence-electron chi connectivity index (χ4n) is 2.23. The van der Waals surface area contributed by atoms with Crippen molar-refractivity contribution in [2.75, 3.05) is 17.2 Å². The molecule has 0 aliphatic carbocycles. The minimum atomic E-state index is -0.498. The van der Waals surface area contributed by atoms with E-state index in [1.807, 2.05) is 10.8 Å². The number of aromatic nitrogens is 5. The van der Waals surface area contributed by atoms with Crippen LogP contribution in [0, 0.1) is 10.1 Å². The Labute approximate surface area is 143 Å². The van der Waals surface area contributed by atoms with Gasteiger partial charge in [-0.25, -0.2) is 15.0 Å². The summed E-state index contributed by atoms with van der Waals surface area (Å²) in [6.45, 7) is 1.29. The Morgan fingerprint density at radius 1 is 1.12 bits per heavy atom. The van der Waals surface area contributed by atoms with Crippen LogP contribution in [-0.4, -0.2) is 36.0 Å². The van der Waals surface area contributed by atoms with Crippen molar-refractivity contribution < 1.29 is 4.92 Å². The molecule has 0 saturated heterocycles. The zero-order valence-corrected chi connectivity index (χ0v) is 13.2. The smallest absolute Gasteiger partial charge is 0.353 e. The van der Waals surface area contributed by atoms with E-state index >= 15 is 0 Å². The van der Waals surface area contributed by atoms with E-state index in [4.69, 9.17) is 0 Å². The van der Waals surface area contributed by atoms with Crippen LogP contribution in [0.5, 0.6) is 0 Å². The molecule has 0 amide bonds. The maximum atomic E-state index is 11.5. The Morgan fingerprint density at radius 3 is 2.64 bits per heavy atom. The van der Waals surface area contributed by atoms with E-state index in [1.165, 1.54) is 6.33 Å². The van der Waals surface area contributed by atoms with Gasteiger partial charge in [0.1, 0.15) is 6.33 Å². The molecule has 10 nitrogen and oxygen atoms in total. The maximum Gasteiger partial charge on any atom is 0.353 e. The number of nitrogens with one attached hydrogen (secondary N) is 2. The van der Waals surface area contributed by atoms with Crippen molar-refractivity contribution in [3.8, 4) is 0 Å². The fraction of sp³-hybridized carbons (Fsp3) is 0.200. The molecule has 128 valence electrons. The average molecular weight is 340 g/mol. The Hall–Kier alpha value is -3.56. The van der Waals surface area contributed by atoms with Gasteiger partial charge in [0.05, 0.1) is 11.3 Å². The van der Waals surface area contributed by atoms with Crippen LogP contribution in [0.4, 0.5) is 23.0 Å². The molecule has 0 radical (unpaired) electrons. The van der Waals surface area contributed by atoms with Crippen LogP contribution in [0.15, 0.2) is 49.6 Å². The Morgan fingerprint density at radius 2 is 1.92 bits per heavy atom. The number of imidazole rings is 1. The highest BCUT2D eigenvalue weighted by Gasteiger charge is 2.22. The highest BCUT2D eigenvalue weighted by molar-refractivity contribution is 5.73. The first-order valence-corrected chi connectivity index (χ1v) is 7.60. The number of rotatable bonds is 8. The summed E-state index contributed by atoms with van der Waals surface area (Å²) in [5.74, 6) is 0.311. The number of hydrogen-bond donors (Lipinski definition) is 2. The Kier molecular flexibility index (Phi) is 5.10. The molecule has 10 heteroatoms. The van der Waals surface area contributed by atoms with Gasteiger partial charge >= 0.3 is 5.69 Å². The number of aryl methyl sites for hydroxylation is 1. The topological polar surface area (TPSA) is 124 Å². The SMILES string of the molecule is O=[N+]([O-])c1c(NCCCn2ccnc2)ncnc1Nc1ccncc1. The van der Waals surface area contributed by atoms with Crippen LogP contribution in [0.25, 0.3) is 0 Å². The molecule has 0 atom stereocenters. The van der Waals surface area contributed by atoms with Gasteiger partial charge in [-0.05, 0) is 18.6 Å². The molecule has 3 aromatic rings. The number of hydrogen-bond acceptors (Lipinski definition) is 8. The predicted molar refractivity (Wildman–Crippen MR) is 91.5 cm³/mol. The monoisotopic (exact) mass is 340 g/mol. The highest BCUT2D eigenvalue weighted by atomic mass is 16.6. The molecule has 0 fully saturated rings. The lowest BCUT2D eigenvalue weighted by Crippen LogP contribution is -2.10. The van der Waals surface area contributed by atoms with E-state index in [0.717, 1.165) is 13.0 Å². The molecule has 0 saturated carbocycles. The summed E-state index contributed by atoms with van der Waals surface area (Å²) in [6, 6.07) is 3.40. The van der Waals surface area contributed by atoms with Crippen molar-refractivity contribution in [2.24, 2.45) is 0 Å². The lowest BCUT2D eigenvalue weighted by molar-refractivity contribution is -0.383. The molecule has 3 rings (SSSR count). The van der Waals surface area contributed by atoms with Crippen LogP contribution >= 0.6 is 0 Å². The summed E-state index contributed by atoms with van der Waals surface area (Å²) >= 11 is 0. The second kappa shape index (κ2) is 7.81. The first-order chi connectivity index (χ1) is 12.2. The third-order valence-electron chi connectivity index (χ3n) is 3.39. The minimum Gasteiger partial charge on any atom is -0.364 e. The lowest BCUT2D eigenvalue weighted by atomic mass is 10.3. The molecule has 0 bridgehead atoms. The van der Waals surface area contributed by atoms with Crippen molar-refractivity contribution in [2.45, 2.75) is 13.0 Å². The molecule has 2 N–H and O–H groups in total. The van der Waals surface area contributed by atoms with Crippen molar-refractivity contribution >= 4 is 23.0 Å². The van der Waals surface area contributed by atoms with E-state index in [1.54, 1.807) is 37.1 Å². The van der Waals surface area contributed by atoms with Crippen LogP contribution in [0.2, 0.25) is 0 Å². The standard InChI is InChI=1S/C15H16N8O2/c24-23(25)13-14(18-4-1-8-22-9-7-17-11-22)19-10-20-15(13)21-12-2-5-16-6-3-12/h2-3,5-7,9-11H,1,4,8H2,(H2,16,18,19,20,21). The quantitative estimate of drug-likeness (QED) is 0.363. The molecule has 0 spiro atoms. The molecule has 0 aromatic carbocycles. The van der Waals surface area contributed by atoms with E-state index < -0.39 is 4.92 Å². The fourth-order valence-corrected chi connectivity index (χ4v) is 2.23. The summed E-state index contributed by atoms with van der Waals surface area (Å²) in [4.78, 5) is 26.8. The zero-order valence-electron chi connectivity index (χ0n) is 13.2. The van der Waals surface area contributed by atoms with Gasteiger partial charge in [-0.2, -0.15) is 0 Å². The van der Waals surface area contributed by atoms with Gasteiger partial charge in [0.25, 0.3) is 0 Å². The van der Waals surface area contributed by atoms with Gasteiger partial charge < -0.3 is 15.2 Å². The minimum absolute atomic E-state index is 0.128. The van der Waals surface area contributed by atoms with E-state index in [-0.39, 0.29) is 17.3 Å². The van der Waals surface area contributed by atoms with Crippen LogP contribution in [0.1, 0.15) is 6.42 Å². The molecule has 25 heavy (non-hydrogen) atoms. The Bertz CT molecular complexity index is 823. The maximum absolute atomic E-state index is 11.5. The van der Waals surface area contributed by atoms with E-state index in [2.05, 4.69) is 30.6 Å². The van der Waals surface area contributed by atoms with Gasteiger partial charge in [-0.15, -0.1) is 0 Å². The lowest BCUT2D eigenvalue weighted by Gasteiger charge is -2.10. The first-order valence-electron chi connectivity index (χ1n) is 7.60. The Balaban J connectivity index is 1.70. The van der Waals surface area contributed by atoms with Gasteiger partial charge in [0, 0.05) is 43.6 Å². The number of anilines is 3. The summed E-state index contributed by atoms with van der Waals surface area (Å²) in [7, 11) is 0. The van der Waals surface area contributed by atoms with Crippen molar-refractivity contribution in [1.29, 1.82) is 0 Å². The molecule has 0 aliphatic rings. The van der Waals surface area contributed by atoms with Gasteiger partial charge in [-0.3, -0.25) is 15.1 Å². The van der Waals surface area contributed by atoms with Gasteiger partial charge in [-0.1, -0.05) is 0 Å². The van der Waals surface area contributed by atoms with Crippen LogP contribution in [0.3, 0.4) is 0 Å². The van der Waals surface area contributed by atoms with Crippen molar-refractivity contribution in [1.82, 2.24) is 24.5 Å². The molecule has 0 aliphatic heterocycles. The molecular weight excluding hydrogens is 324 g/mol. The highest BCUT2D eigenvalue weighted by Crippen LogP contribution is 2.30. The number of pyridine rings is 1. The molecule has 0 unspecified atom stereocenters. The van der Waals surface area contributed by atoms with Gasteiger partial charge in [0.2, 0.25) is 11.6 Å².